The molecule has 4 nitrogen and oxygen atoms in total. The molecule has 1 aromatic carbocycles. The maximum atomic E-state index is 12.5. The van der Waals surface area contributed by atoms with Crippen LogP contribution in [0.25, 0.3) is 0 Å². The molecule has 112 valence electrons. The van der Waals surface area contributed by atoms with Gasteiger partial charge in [-0.05, 0) is 30.9 Å². The number of imide groups is 1. The number of anilines is 1. The van der Waals surface area contributed by atoms with Gasteiger partial charge in [0.2, 0.25) is 5.91 Å². The zero-order chi connectivity index (χ0) is 14.8. The largest absolute Gasteiger partial charge is 0.302 e. The molecular weight excluding hydrogens is 264 g/mol. The number of carbonyl (C=O) groups excluding carboxylic acids is 2. The Morgan fingerprint density at radius 1 is 1.10 bits per heavy atom. The molecule has 4 heteroatoms. The quantitative estimate of drug-likeness (QED) is 0.869. The van der Waals surface area contributed by atoms with Crippen molar-refractivity contribution in [1.29, 1.82) is 0 Å². The van der Waals surface area contributed by atoms with E-state index in [1.165, 1.54) is 24.2 Å². The summed E-state index contributed by atoms with van der Waals surface area (Å²) in [6, 6.07) is 9.19. The molecule has 0 radical (unpaired) electrons. The SMILES string of the molecule is C[C@@H]1CCCC[C@@H]1N[C@H]1CC(=O)N(c2ccccc2)C1=O. The van der Waals surface area contributed by atoms with Crippen LogP contribution >= 0.6 is 0 Å². The fourth-order valence-electron chi connectivity index (χ4n) is 3.43. The van der Waals surface area contributed by atoms with Crippen molar-refractivity contribution in [1.82, 2.24) is 5.32 Å². The molecular formula is C17H22N2O2. The second-order valence-corrected chi connectivity index (χ2v) is 6.19. The van der Waals surface area contributed by atoms with Crippen molar-refractivity contribution in [3.63, 3.8) is 0 Å². The van der Waals surface area contributed by atoms with Gasteiger partial charge in [0.1, 0.15) is 0 Å². The number of nitrogens with one attached hydrogen (secondary N) is 1. The van der Waals surface area contributed by atoms with Crippen LogP contribution in [-0.4, -0.2) is 23.9 Å². The summed E-state index contributed by atoms with van der Waals surface area (Å²) in [4.78, 5) is 26.0. The summed E-state index contributed by atoms with van der Waals surface area (Å²) in [5.41, 5.74) is 0.675. The van der Waals surface area contributed by atoms with E-state index in [2.05, 4.69) is 12.2 Å². The van der Waals surface area contributed by atoms with Crippen LogP contribution < -0.4 is 10.2 Å². The first-order chi connectivity index (χ1) is 10.2. The summed E-state index contributed by atoms with van der Waals surface area (Å²) < 4.78 is 0. The van der Waals surface area contributed by atoms with Crippen LogP contribution in [0.3, 0.4) is 0 Å². The van der Waals surface area contributed by atoms with Crippen molar-refractivity contribution in [3.8, 4) is 0 Å². The molecule has 1 saturated carbocycles. The van der Waals surface area contributed by atoms with Crippen molar-refractivity contribution in [2.75, 3.05) is 4.90 Å². The molecule has 1 aliphatic carbocycles. The number of amides is 2. The van der Waals surface area contributed by atoms with Crippen LogP contribution in [-0.2, 0) is 9.59 Å². The third kappa shape index (κ3) is 2.86. The molecule has 0 aromatic heterocycles. The number of nitrogens with zero attached hydrogens (tertiary/aromatic N) is 1. The summed E-state index contributed by atoms with van der Waals surface area (Å²) >= 11 is 0. The van der Waals surface area contributed by atoms with E-state index in [-0.39, 0.29) is 24.3 Å². The lowest BCUT2D eigenvalue weighted by Gasteiger charge is -2.31. The van der Waals surface area contributed by atoms with Crippen LogP contribution in [0.1, 0.15) is 39.0 Å². The first kappa shape index (κ1) is 14.3. The van der Waals surface area contributed by atoms with Gasteiger partial charge in [0.25, 0.3) is 5.91 Å². The minimum absolute atomic E-state index is 0.104. The fourth-order valence-corrected chi connectivity index (χ4v) is 3.43. The minimum Gasteiger partial charge on any atom is -0.302 e. The normalized spacial score (nSPS) is 30.0. The molecule has 1 aliphatic heterocycles. The topological polar surface area (TPSA) is 49.4 Å². The van der Waals surface area contributed by atoms with Crippen molar-refractivity contribution in [2.45, 2.75) is 51.1 Å². The van der Waals surface area contributed by atoms with Crippen LogP contribution in [0.5, 0.6) is 0 Å². The summed E-state index contributed by atoms with van der Waals surface area (Å²) in [6.45, 7) is 2.23. The predicted molar refractivity (Wildman–Crippen MR) is 81.9 cm³/mol. The standard InChI is InChI=1S/C17H22N2O2/c1-12-7-5-6-10-14(12)18-15-11-16(20)19(17(15)21)13-8-3-2-4-9-13/h2-4,8-9,12,14-15,18H,5-7,10-11H2,1H3/t12-,14+,15+/m1/s1. The lowest BCUT2D eigenvalue weighted by atomic mass is 9.85. The van der Waals surface area contributed by atoms with Gasteiger partial charge < -0.3 is 5.32 Å². The van der Waals surface area contributed by atoms with Crippen LogP contribution in [0.2, 0.25) is 0 Å². The average molecular weight is 286 g/mol. The molecule has 3 rings (SSSR count). The van der Waals surface area contributed by atoms with Crippen LogP contribution in [0.4, 0.5) is 5.69 Å². The fraction of sp³-hybridized carbons (Fsp3) is 0.529. The number of benzene rings is 1. The van der Waals surface area contributed by atoms with Gasteiger partial charge in [0, 0.05) is 6.04 Å². The van der Waals surface area contributed by atoms with Gasteiger partial charge in [-0.2, -0.15) is 0 Å². The maximum absolute atomic E-state index is 12.5. The third-order valence-corrected chi connectivity index (χ3v) is 4.69. The van der Waals surface area contributed by atoms with E-state index < -0.39 is 0 Å². The van der Waals surface area contributed by atoms with Crippen molar-refractivity contribution in [3.05, 3.63) is 30.3 Å². The van der Waals surface area contributed by atoms with E-state index in [9.17, 15) is 9.59 Å². The first-order valence-electron chi connectivity index (χ1n) is 7.84. The number of hydrogen-bond acceptors (Lipinski definition) is 3. The predicted octanol–water partition coefficient (Wildman–Crippen LogP) is 2.49. The Balaban J connectivity index is 1.71. The highest BCUT2D eigenvalue weighted by Gasteiger charge is 2.41. The van der Waals surface area contributed by atoms with Gasteiger partial charge in [-0.1, -0.05) is 38.0 Å². The summed E-state index contributed by atoms with van der Waals surface area (Å²) in [6.07, 6.45) is 5.06. The molecule has 2 fully saturated rings. The van der Waals surface area contributed by atoms with E-state index >= 15 is 0 Å². The molecule has 0 unspecified atom stereocenters. The third-order valence-electron chi connectivity index (χ3n) is 4.69. The Hall–Kier alpha value is -1.68. The Kier molecular flexibility index (Phi) is 4.06. The molecule has 2 amide bonds. The number of hydrogen-bond donors (Lipinski definition) is 1. The van der Waals surface area contributed by atoms with Gasteiger partial charge in [-0.3, -0.25) is 9.59 Å². The van der Waals surface area contributed by atoms with Gasteiger partial charge >= 0.3 is 0 Å². The smallest absolute Gasteiger partial charge is 0.251 e. The number of rotatable bonds is 3. The van der Waals surface area contributed by atoms with E-state index in [1.807, 2.05) is 18.2 Å². The van der Waals surface area contributed by atoms with Crippen molar-refractivity contribution < 1.29 is 9.59 Å². The summed E-state index contributed by atoms with van der Waals surface area (Å²) in [5.74, 6) is 0.364. The highest BCUT2D eigenvalue weighted by molar-refractivity contribution is 6.22. The molecule has 1 aromatic rings. The Morgan fingerprint density at radius 3 is 2.52 bits per heavy atom. The number of carbonyl (C=O) groups is 2. The second kappa shape index (κ2) is 5.98. The van der Waals surface area contributed by atoms with Gasteiger partial charge in [0.05, 0.1) is 18.2 Å². The van der Waals surface area contributed by atoms with E-state index in [0.29, 0.717) is 17.6 Å². The lowest BCUT2D eigenvalue weighted by molar-refractivity contribution is -0.121. The maximum Gasteiger partial charge on any atom is 0.251 e. The first-order valence-corrected chi connectivity index (χ1v) is 7.84. The van der Waals surface area contributed by atoms with E-state index in [1.54, 1.807) is 12.1 Å². The molecule has 0 bridgehead atoms. The molecule has 1 saturated heterocycles. The Morgan fingerprint density at radius 2 is 1.81 bits per heavy atom. The zero-order valence-electron chi connectivity index (χ0n) is 12.4. The Labute approximate surface area is 125 Å². The summed E-state index contributed by atoms with van der Waals surface area (Å²) in [7, 11) is 0. The van der Waals surface area contributed by atoms with Gasteiger partial charge in [-0.15, -0.1) is 0 Å². The molecule has 1 heterocycles. The average Bonchev–Trinajstić information content (AvgIpc) is 2.77. The highest BCUT2D eigenvalue weighted by atomic mass is 16.2. The minimum atomic E-state index is -0.358. The van der Waals surface area contributed by atoms with Crippen LogP contribution in [0, 0.1) is 5.92 Å². The van der Waals surface area contributed by atoms with Gasteiger partial charge in [0.15, 0.2) is 0 Å². The zero-order valence-corrected chi connectivity index (χ0v) is 12.4. The molecule has 1 N–H and O–H groups in total. The molecule has 3 atom stereocenters. The molecule has 21 heavy (non-hydrogen) atoms. The molecule has 0 spiro atoms. The van der Waals surface area contributed by atoms with Crippen molar-refractivity contribution >= 4 is 17.5 Å². The second-order valence-electron chi connectivity index (χ2n) is 6.19. The molecule has 2 aliphatic rings. The van der Waals surface area contributed by atoms with Gasteiger partial charge in [-0.25, -0.2) is 4.90 Å². The number of para-hydroxylation sites is 1. The monoisotopic (exact) mass is 286 g/mol. The van der Waals surface area contributed by atoms with Crippen LogP contribution in [0.15, 0.2) is 30.3 Å². The van der Waals surface area contributed by atoms with E-state index in [4.69, 9.17) is 0 Å². The Bertz CT molecular complexity index is 529. The lowest BCUT2D eigenvalue weighted by Crippen LogP contribution is -2.47. The van der Waals surface area contributed by atoms with E-state index in [0.717, 1.165) is 6.42 Å². The highest BCUT2D eigenvalue weighted by Crippen LogP contribution is 2.27. The van der Waals surface area contributed by atoms with Crippen molar-refractivity contribution in [2.24, 2.45) is 5.92 Å². The summed E-state index contributed by atoms with van der Waals surface area (Å²) in [5, 5.41) is 3.44.